The zero-order chi connectivity index (χ0) is 16.8. The number of hydrogen-bond donors (Lipinski definition) is 1. The zero-order valence-corrected chi connectivity index (χ0v) is 15.2. The fraction of sp³-hybridized carbons (Fsp3) is 0.250. The summed E-state index contributed by atoms with van der Waals surface area (Å²) in [6.07, 6.45) is 1.72. The van der Waals surface area contributed by atoms with E-state index in [4.69, 9.17) is 0 Å². The Balaban J connectivity index is 2.09. The largest absolute Gasteiger partial charge is 0.348 e. The fourth-order valence-corrected chi connectivity index (χ4v) is 2.67. The molecule has 1 N–H and O–H groups in total. The summed E-state index contributed by atoms with van der Waals surface area (Å²) in [5.74, 6) is -0.0383. The summed E-state index contributed by atoms with van der Waals surface area (Å²) in [6.45, 7) is 8.53. The Morgan fingerprint density at radius 2 is 1.87 bits per heavy atom. The maximum atomic E-state index is 12.5. The highest BCUT2D eigenvalue weighted by Crippen LogP contribution is 2.19. The number of halogens is 1. The minimum absolute atomic E-state index is 0.0383. The molecule has 0 aromatic heterocycles. The van der Waals surface area contributed by atoms with Crippen LogP contribution in [0.1, 0.15) is 40.4 Å². The maximum Gasteiger partial charge on any atom is 0.251 e. The topological polar surface area (TPSA) is 29.1 Å². The maximum absolute atomic E-state index is 12.5. The molecule has 2 aromatic rings. The van der Waals surface area contributed by atoms with Crippen LogP contribution >= 0.6 is 15.9 Å². The molecule has 0 heterocycles. The third kappa shape index (κ3) is 5.36. The lowest BCUT2D eigenvalue weighted by molar-refractivity contribution is 0.0950. The van der Waals surface area contributed by atoms with Crippen molar-refractivity contribution >= 4 is 21.8 Å². The van der Waals surface area contributed by atoms with Gasteiger partial charge in [-0.05, 0) is 49.9 Å². The molecular weight excluding hydrogens is 350 g/mol. The van der Waals surface area contributed by atoms with E-state index in [0.29, 0.717) is 6.54 Å². The first-order chi connectivity index (χ1) is 11.0. The molecule has 23 heavy (non-hydrogen) atoms. The van der Waals surface area contributed by atoms with Gasteiger partial charge in [0.15, 0.2) is 0 Å². The molecule has 2 rings (SSSR count). The van der Waals surface area contributed by atoms with Crippen LogP contribution in [0.2, 0.25) is 0 Å². The second-order valence-electron chi connectivity index (χ2n) is 5.93. The van der Waals surface area contributed by atoms with Crippen molar-refractivity contribution in [2.75, 3.05) is 0 Å². The first kappa shape index (κ1) is 17.5. The van der Waals surface area contributed by atoms with Crippen LogP contribution in [0, 0.1) is 6.92 Å². The second kappa shape index (κ2) is 8.11. The predicted octanol–water partition coefficient (Wildman–Crippen LogP) is 5.20. The van der Waals surface area contributed by atoms with Gasteiger partial charge in [0.1, 0.15) is 0 Å². The van der Waals surface area contributed by atoms with Crippen LogP contribution in [0.25, 0.3) is 0 Å². The van der Waals surface area contributed by atoms with Crippen molar-refractivity contribution in [3.05, 3.63) is 81.3 Å². The SMILES string of the molecule is C=C(C)CCc1ccc(Br)cc1C(=O)NCc1ccc(C)cc1. The van der Waals surface area contributed by atoms with Crippen LogP contribution in [0.15, 0.2) is 59.1 Å². The number of amides is 1. The minimum atomic E-state index is -0.0383. The minimum Gasteiger partial charge on any atom is -0.348 e. The highest BCUT2D eigenvalue weighted by Gasteiger charge is 2.12. The van der Waals surface area contributed by atoms with Gasteiger partial charge >= 0.3 is 0 Å². The molecule has 3 heteroatoms. The lowest BCUT2D eigenvalue weighted by Gasteiger charge is -2.11. The van der Waals surface area contributed by atoms with Gasteiger partial charge in [-0.15, -0.1) is 6.58 Å². The van der Waals surface area contributed by atoms with E-state index in [1.54, 1.807) is 0 Å². The van der Waals surface area contributed by atoms with Crippen LogP contribution in [0.4, 0.5) is 0 Å². The van der Waals surface area contributed by atoms with E-state index in [1.807, 2.05) is 37.3 Å². The molecule has 0 radical (unpaired) electrons. The van der Waals surface area contributed by atoms with E-state index in [-0.39, 0.29) is 5.91 Å². The van der Waals surface area contributed by atoms with Gasteiger partial charge in [0, 0.05) is 16.6 Å². The Morgan fingerprint density at radius 1 is 1.17 bits per heavy atom. The molecule has 0 saturated heterocycles. The summed E-state index contributed by atoms with van der Waals surface area (Å²) in [6, 6.07) is 14.1. The van der Waals surface area contributed by atoms with Gasteiger partial charge in [0.2, 0.25) is 0 Å². The number of allylic oxidation sites excluding steroid dienone is 1. The van der Waals surface area contributed by atoms with Gasteiger partial charge < -0.3 is 5.32 Å². The highest BCUT2D eigenvalue weighted by molar-refractivity contribution is 9.10. The van der Waals surface area contributed by atoms with Gasteiger partial charge in [-0.25, -0.2) is 0 Å². The summed E-state index contributed by atoms with van der Waals surface area (Å²) < 4.78 is 0.914. The molecule has 0 fully saturated rings. The van der Waals surface area contributed by atoms with Gasteiger partial charge in [-0.2, -0.15) is 0 Å². The van der Waals surface area contributed by atoms with Crippen LogP contribution in [-0.2, 0) is 13.0 Å². The summed E-state index contributed by atoms with van der Waals surface area (Å²) >= 11 is 3.45. The molecule has 0 bridgehead atoms. The Kier molecular flexibility index (Phi) is 6.17. The van der Waals surface area contributed by atoms with Crippen molar-refractivity contribution in [2.24, 2.45) is 0 Å². The molecule has 0 aliphatic rings. The first-order valence-corrected chi connectivity index (χ1v) is 8.51. The lowest BCUT2D eigenvalue weighted by atomic mass is 10.00. The zero-order valence-electron chi connectivity index (χ0n) is 13.7. The Morgan fingerprint density at radius 3 is 2.52 bits per heavy atom. The summed E-state index contributed by atoms with van der Waals surface area (Å²) in [7, 11) is 0. The summed E-state index contributed by atoms with van der Waals surface area (Å²) in [4.78, 5) is 12.5. The van der Waals surface area contributed by atoms with E-state index in [2.05, 4.69) is 46.9 Å². The molecule has 0 spiro atoms. The first-order valence-electron chi connectivity index (χ1n) is 7.72. The number of aryl methyl sites for hydroxylation is 2. The quantitative estimate of drug-likeness (QED) is 0.694. The Labute approximate surface area is 146 Å². The lowest BCUT2D eigenvalue weighted by Crippen LogP contribution is -2.24. The van der Waals surface area contributed by atoms with Crippen molar-refractivity contribution < 1.29 is 4.79 Å². The predicted molar refractivity (Wildman–Crippen MR) is 99.6 cm³/mol. The van der Waals surface area contributed by atoms with Crippen molar-refractivity contribution in [3.63, 3.8) is 0 Å². The second-order valence-corrected chi connectivity index (χ2v) is 6.84. The van der Waals surface area contributed by atoms with E-state index < -0.39 is 0 Å². The van der Waals surface area contributed by atoms with Gasteiger partial charge in [-0.1, -0.05) is 57.4 Å². The molecule has 2 nitrogen and oxygen atoms in total. The molecule has 0 atom stereocenters. The van der Waals surface area contributed by atoms with Crippen molar-refractivity contribution in [2.45, 2.75) is 33.2 Å². The number of carbonyl (C=O) groups is 1. The normalized spacial score (nSPS) is 10.4. The van der Waals surface area contributed by atoms with Crippen molar-refractivity contribution in [1.82, 2.24) is 5.32 Å². The Hall–Kier alpha value is -1.87. The van der Waals surface area contributed by atoms with Crippen molar-refractivity contribution in [3.8, 4) is 0 Å². The molecule has 120 valence electrons. The van der Waals surface area contributed by atoms with Crippen LogP contribution in [0.3, 0.4) is 0 Å². The molecule has 2 aromatic carbocycles. The number of carbonyl (C=O) groups excluding carboxylic acids is 1. The number of benzene rings is 2. The molecular formula is C20H22BrNO. The fourth-order valence-electron chi connectivity index (χ4n) is 2.31. The van der Waals surface area contributed by atoms with Gasteiger partial charge in [0.05, 0.1) is 0 Å². The summed E-state index contributed by atoms with van der Waals surface area (Å²) in [5.41, 5.74) is 5.22. The number of nitrogens with one attached hydrogen (secondary N) is 1. The summed E-state index contributed by atoms with van der Waals surface area (Å²) in [5, 5.41) is 3.01. The van der Waals surface area contributed by atoms with E-state index in [9.17, 15) is 4.79 Å². The average Bonchev–Trinajstić information content (AvgIpc) is 2.52. The van der Waals surface area contributed by atoms with Gasteiger partial charge in [-0.3, -0.25) is 4.79 Å². The van der Waals surface area contributed by atoms with Crippen molar-refractivity contribution in [1.29, 1.82) is 0 Å². The molecule has 0 aliphatic carbocycles. The van der Waals surface area contributed by atoms with E-state index in [1.165, 1.54) is 5.56 Å². The third-order valence-electron chi connectivity index (χ3n) is 3.71. The standard InChI is InChI=1S/C20H22BrNO/c1-14(2)4-9-17-10-11-18(21)12-19(17)20(23)22-13-16-7-5-15(3)6-8-16/h5-8,10-12H,1,4,9,13H2,2-3H3,(H,22,23). The van der Waals surface area contributed by atoms with E-state index >= 15 is 0 Å². The Bertz CT molecular complexity index is 704. The van der Waals surface area contributed by atoms with Crippen LogP contribution < -0.4 is 5.32 Å². The highest BCUT2D eigenvalue weighted by atomic mass is 79.9. The molecule has 0 saturated carbocycles. The number of hydrogen-bond acceptors (Lipinski definition) is 1. The average molecular weight is 372 g/mol. The third-order valence-corrected chi connectivity index (χ3v) is 4.20. The molecule has 0 unspecified atom stereocenters. The van der Waals surface area contributed by atoms with Crippen LogP contribution in [-0.4, -0.2) is 5.91 Å². The monoisotopic (exact) mass is 371 g/mol. The van der Waals surface area contributed by atoms with E-state index in [0.717, 1.165) is 39.6 Å². The number of rotatable bonds is 6. The molecule has 0 aliphatic heterocycles. The smallest absolute Gasteiger partial charge is 0.251 e. The van der Waals surface area contributed by atoms with Gasteiger partial charge in [0.25, 0.3) is 5.91 Å². The molecule has 1 amide bonds. The van der Waals surface area contributed by atoms with Crippen LogP contribution in [0.5, 0.6) is 0 Å².